The zero-order valence-electron chi connectivity index (χ0n) is 14.0. The third-order valence-electron chi connectivity index (χ3n) is 4.06. The highest BCUT2D eigenvalue weighted by Crippen LogP contribution is 2.34. The van der Waals surface area contributed by atoms with Gasteiger partial charge in [-0.1, -0.05) is 41.4 Å². The number of nitrogens with one attached hydrogen (secondary N) is 1. The number of rotatable bonds is 6. The number of halogens is 2. The van der Waals surface area contributed by atoms with E-state index in [9.17, 15) is 9.59 Å². The summed E-state index contributed by atoms with van der Waals surface area (Å²) in [5.74, 6) is 0.163. The Hall–Kier alpha value is -1.69. The van der Waals surface area contributed by atoms with E-state index in [-0.39, 0.29) is 18.4 Å². The topological polar surface area (TPSA) is 49.4 Å². The summed E-state index contributed by atoms with van der Waals surface area (Å²) in [6.45, 7) is 0.584. The highest BCUT2D eigenvalue weighted by atomic mass is 35.5. The van der Waals surface area contributed by atoms with Gasteiger partial charge in [-0.15, -0.1) is 11.8 Å². The average molecular weight is 409 g/mol. The van der Waals surface area contributed by atoms with Crippen LogP contribution >= 0.6 is 35.0 Å². The number of fused-ring (bicyclic) bond motifs is 1. The van der Waals surface area contributed by atoms with Gasteiger partial charge in [-0.05, 0) is 42.7 Å². The molecule has 0 bridgehead atoms. The minimum atomic E-state index is -0.158. The minimum Gasteiger partial charge on any atom is -0.355 e. The van der Waals surface area contributed by atoms with Gasteiger partial charge in [0.25, 0.3) is 0 Å². The van der Waals surface area contributed by atoms with Crippen molar-refractivity contribution in [3.8, 4) is 0 Å². The zero-order chi connectivity index (χ0) is 18.5. The highest BCUT2D eigenvalue weighted by molar-refractivity contribution is 8.00. The Bertz CT molecular complexity index is 829. The third-order valence-corrected chi connectivity index (χ3v) is 5.84. The lowest BCUT2D eigenvalue weighted by molar-refractivity contribution is -0.122. The Morgan fingerprint density at radius 1 is 1.15 bits per heavy atom. The first-order valence-corrected chi connectivity index (χ1v) is 10.0. The minimum absolute atomic E-state index is 0.0420. The molecule has 3 rings (SSSR count). The van der Waals surface area contributed by atoms with Crippen LogP contribution in [0.4, 0.5) is 5.69 Å². The molecule has 0 fully saturated rings. The molecule has 0 aromatic heterocycles. The first-order chi connectivity index (χ1) is 12.5. The predicted molar refractivity (Wildman–Crippen MR) is 107 cm³/mol. The maximum absolute atomic E-state index is 12.2. The van der Waals surface area contributed by atoms with Gasteiger partial charge in [-0.2, -0.15) is 0 Å². The Balaban J connectivity index is 1.48. The molecule has 0 unspecified atom stereocenters. The first kappa shape index (κ1) is 19.1. The van der Waals surface area contributed by atoms with Crippen LogP contribution in [0.5, 0.6) is 0 Å². The normalized spacial score (nSPS) is 13.5. The van der Waals surface area contributed by atoms with Crippen molar-refractivity contribution in [3.63, 3.8) is 0 Å². The Morgan fingerprint density at radius 3 is 2.77 bits per heavy atom. The molecule has 0 aliphatic carbocycles. The number of hydrogen-bond acceptors (Lipinski definition) is 3. The van der Waals surface area contributed by atoms with E-state index in [4.69, 9.17) is 23.2 Å². The van der Waals surface area contributed by atoms with Crippen LogP contribution in [0.3, 0.4) is 0 Å². The van der Waals surface area contributed by atoms with Crippen molar-refractivity contribution in [3.05, 3.63) is 58.1 Å². The number of aryl methyl sites for hydroxylation is 1. The van der Waals surface area contributed by atoms with E-state index in [1.807, 2.05) is 36.4 Å². The predicted octanol–water partition coefficient (Wildman–Crippen LogP) is 4.18. The summed E-state index contributed by atoms with van der Waals surface area (Å²) in [4.78, 5) is 27.0. The molecule has 0 saturated carbocycles. The fraction of sp³-hybridized carbons (Fsp3) is 0.263. The Kier molecular flexibility index (Phi) is 6.46. The molecule has 136 valence electrons. The molecular weight excluding hydrogens is 391 g/mol. The number of benzene rings is 2. The lowest BCUT2D eigenvalue weighted by Crippen LogP contribution is -2.43. The molecule has 0 spiro atoms. The van der Waals surface area contributed by atoms with Crippen molar-refractivity contribution in [1.82, 2.24) is 5.32 Å². The van der Waals surface area contributed by atoms with Gasteiger partial charge in [0.2, 0.25) is 11.8 Å². The number of carbonyl (C=O) groups excluding carboxylic acids is 2. The van der Waals surface area contributed by atoms with Gasteiger partial charge in [0.05, 0.1) is 21.5 Å². The lowest BCUT2D eigenvalue weighted by atomic mass is 10.1. The molecule has 1 aliphatic rings. The van der Waals surface area contributed by atoms with Gasteiger partial charge in [-0.25, -0.2) is 0 Å². The molecule has 26 heavy (non-hydrogen) atoms. The summed E-state index contributed by atoms with van der Waals surface area (Å²) in [7, 11) is 0. The molecular formula is C19H18Cl2N2O2S. The molecule has 0 radical (unpaired) electrons. The van der Waals surface area contributed by atoms with E-state index in [1.54, 1.807) is 11.0 Å². The number of nitrogens with zero attached hydrogens (tertiary/aromatic N) is 1. The number of carbonyl (C=O) groups is 2. The van der Waals surface area contributed by atoms with Gasteiger partial charge in [0.15, 0.2) is 0 Å². The monoisotopic (exact) mass is 408 g/mol. The van der Waals surface area contributed by atoms with Gasteiger partial charge in [0.1, 0.15) is 6.54 Å². The van der Waals surface area contributed by atoms with Gasteiger partial charge in [-0.3, -0.25) is 9.59 Å². The fourth-order valence-corrected chi connectivity index (χ4v) is 4.00. The molecule has 2 amide bonds. The number of thioether (sulfide) groups is 1. The largest absolute Gasteiger partial charge is 0.355 e. The van der Waals surface area contributed by atoms with Crippen LogP contribution in [-0.2, 0) is 16.0 Å². The zero-order valence-corrected chi connectivity index (χ0v) is 16.3. The van der Waals surface area contributed by atoms with E-state index in [0.717, 1.165) is 29.0 Å². The van der Waals surface area contributed by atoms with Crippen molar-refractivity contribution in [2.45, 2.75) is 17.7 Å². The smallest absolute Gasteiger partial charge is 0.240 e. The second kappa shape index (κ2) is 8.80. The highest BCUT2D eigenvalue weighted by Gasteiger charge is 2.25. The summed E-state index contributed by atoms with van der Waals surface area (Å²) in [6, 6.07) is 13.2. The quantitative estimate of drug-likeness (QED) is 0.729. The summed E-state index contributed by atoms with van der Waals surface area (Å²) in [5.41, 5.74) is 1.88. The number of para-hydroxylation sites is 1. The first-order valence-electron chi connectivity index (χ1n) is 8.27. The molecule has 4 nitrogen and oxygen atoms in total. The Morgan fingerprint density at radius 2 is 1.96 bits per heavy atom. The van der Waals surface area contributed by atoms with Crippen LogP contribution in [0.2, 0.25) is 10.0 Å². The van der Waals surface area contributed by atoms with E-state index in [0.29, 0.717) is 22.3 Å². The molecule has 1 heterocycles. The Labute approximate surface area is 166 Å². The van der Waals surface area contributed by atoms with Crippen LogP contribution < -0.4 is 10.2 Å². The van der Waals surface area contributed by atoms with E-state index < -0.39 is 0 Å². The molecule has 0 atom stereocenters. The standard InChI is InChI=1S/C19H18Cl2N2O2S/c20-14-8-7-13(10-15(14)21)4-3-9-22-18(24)11-23-16-5-1-2-6-17(16)26-12-19(23)25/h1-2,5-8,10H,3-4,9,11-12H2,(H,22,24). The van der Waals surface area contributed by atoms with Crippen LogP contribution in [0, 0.1) is 0 Å². The third kappa shape index (κ3) is 4.72. The molecule has 2 aromatic rings. The fourth-order valence-electron chi connectivity index (χ4n) is 2.74. The lowest BCUT2D eigenvalue weighted by Gasteiger charge is -2.28. The maximum atomic E-state index is 12.2. The summed E-state index contributed by atoms with van der Waals surface area (Å²) < 4.78 is 0. The van der Waals surface area contributed by atoms with Crippen LogP contribution in [0.15, 0.2) is 47.4 Å². The van der Waals surface area contributed by atoms with Crippen molar-refractivity contribution >= 4 is 52.5 Å². The van der Waals surface area contributed by atoms with Gasteiger partial charge in [0, 0.05) is 11.4 Å². The van der Waals surface area contributed by atoms with E-state index >= 15 is 0 Å². The van der Waals surface area contributed by atoms with Crippen LogP contribution in [0.25, 0.3) is 0 Å². The summed E-state index contributed by atoms with van der Waals surface area (Å²) in [5, 5.41) is 3.95. The van der Waals surface area contributed by atoms with Crippen molar-refractivity contribution in [2.24, 2.45) is 0 Å². The number of anilines is 1. The molecule has 2 aromatic carbocycles. The molecule has 7 heteroatoms. The number of hydrogen-bond donors (Lipinski definition) is 1. The summed E-state index contributed by atoms with van der Waals surface area (Å²) >= 11 is 13.4. The van der Waals surface area contributed by atoms with Crippen molar-refractivity contribution in [2.75, 3.05) is 23.7 Å². The van der Waals surface area contributed by atoms with Crippen LogP contribution in [0.1, 0.15) is 12.0 Å². The second-order valence-corrected chi connectivity index (χ2v) is 7.77. The van der Waals surface area contributed by atoms with Gasteiger partial charge >= 0.3 is 0 Å². The number of amides is 2. The van der Waals surface area contributed by atoms with Gasteiger partial charge < -0.3 is 10.2 Å². The maximum Gasteiger partial charge on any atom is 0.240 e. The van der Waals surface area contributed by atoms with Crippen LogP contribution in [-0.4, -0.2) is 30.7 Å². The average Bonchev–Trinajstić information content (AvgIpc) is 2.64. The van der Waals surface area contributed by atoms with Crippen molar-refractivity contribution < 1.29 is 9.59 Å². The SMILES string of the molecule is O=C(CN1C(=O)CSc2ccccc21)NCCCc1ccc(Cl)c(Cl)c1. The summed E-state index contributed by atoms with van der Waals surface area (Å²) in [6.07, 6.45) is 1.57. The van der Waals surface area contributed by atoms with E-state index in [1.165, 1.54) is 11.8 Å². The molecule has 0 saturated heterocycles. The van der Waals surface area contributed by atoms with E-state index in [2.05, 4.69) is 5.32 Å². The molecule has 1 N–H and O–H groups in total. The van der Waals surface area contributed by atoms with Crippen molar-refractivity contribution in [1.29, 1.82) is 0 Å². The second-order valence-electron chi connectivity index (χ2n) is 5.94. The molecule has 1 aliphatic heterocycles.